The van der Waals surface area contributed by atoms with Crippen LogP contribution in [-0.2, 0) is 11.4 Å². The Balaban J connectivity index is 1.65. The molecule has 1 fully saturated rings. The zero-order valence-electron chi connectivity index (χ0n) is 14.2. The number of amides is 1. The highest BCUT2D eigenvalue weighted by atomic mass is 32.2. The van der Waals surface area contributed by atoms with Gasteiger partial charge in [-0.1, -0.05) is 65.9 Å². The number of likely N-dealkylation sites (N-methyl/N-ethyl adjacent to an activating group) is 1. The van der Waals surface area contributed by atoms with Crippen molar-refractivity contribution >= 4 is 40.3 Å². The number of aryl methyl sites for hydroxylation is 1. The first-order valence-corrected chi connectivity index (χ1v) is 9.33. The average molecular weight is 370 g/mol. The van der Waals surface area contributed by atoms with Gasteiger partial charge in [0, 0.05) is 6.54 Å². The molecule has 25 heavy (non-hydrogen) atoms. The van der Waals surface area contributed by atoms with Gasteiger partial charge < -0.3 is 4.74 Å². The molecule has 2 aromatic carbocycles. The van der Waals surface area contributed by atoms with E-state index in [1.54, 1.807) is 4.90 Å². The lowest BCUT2D eigenvalue weighted by Gasteiger charge is -2.09. The summed E-state index contributed by atoms with van der Waals surface area (Å²) in [5.74, 6) is 0.789. The van der Waals surface area contributed by atoms with Crippen LogP contribution in [0, 0.1) is 6.92 Å². The normalized spacial score (nSPS) is 15.9. The van der Waals surface area contributed by atoms with Crippen molar-refractivity contribution < 1.29 is 9.53 Å². The molecule has 0 bridgehead atoms. The maximum atomic E-state index is 12.2. The van der Waals surface area contributed by atoms with E-state index in [0.717, 1.165) is 16.9 Å². The molecule has 0 aliphatic carbocycles. The van der Waals surface area contributed by atoms with Crippen molar-refractivity contribution in [2.45, 2.75) is 20.5 Å². The molecule has 3 nitrogen and oxygen atoms in total. The topological polar surface area (TPSA) is 29.5 Å². The molecule has 1 amide bonds. The van der Waals surface area contributed by atoms with E-state index in [1.807, 2.05) is 43.3 Å². The van der Waals surface area contributed by atoms with Crippen LogP contribution < -0.4 is 4.74 Å². The van der Waals surface area contributed by atoms with Crippen LogP contribution in [0.25, 0.3) is 6.08 Å². The van der Waals surface area contributed by atoms with Crippen LogP contribution in [0.15, 0.2) is 53.4 Å². The van der Waals surface area contributed by atoms with E-state index in [2.05, 4.69) is 25.1 Å². The van der Waals surface area contributed by atoms with Crippen molar-refractivity contribution in [1.82, 2.24) is 4.90 Å². The highest BCUT2D eigenvalue weighted by Crippen LogP contribution is 2.32. The first kappa shape index (κ1) is 17.7. The van der Waals surface area contributed by atoms with Crippen molar-refractivity contribution in [2.24, 2.45) is 0 Å². The first-order chi connectivity index (χ1) is 12.1. The summed E-state index contributed by atoms with van der Waals surface area (Å²) in [5, 5.41) is 0. The van der Waals surface area contributed by atoms with Gasteiger partial charge in [0.05, 0.1) is 4.91 Å². The molecule has 128 valence electrons. The van der Waals surface area contributed by atoms with Crippen molar-refractivity contribution in [2.75, 3.05) is 6.54 Å². The van der Waals surface area contributed by atoms with E-state index < -0.39 is 0 Å². The summed E-state index contributed by atoms with van der Waals surface area (Å²) in [4.78, 5) is 14.5. The zero-order chi connectivity index (χ0) is 17.8. The fraction of sp³-hybridized carbons (Fsp3) is 0.200. The molecule has 0 aromatic heterocycles. The number of hydrogen-bond donors (Lipinski definition) is 0. The minimum atomic E-state index is -0.0164. The Morgan fingerprint density at radius 2 is 1.96 bits per heavy atom. The number of thioether (sulfide) groups is 1. The van der Waals surface area contributed by atoms with Crippen molar-refractivity contribution in [1.29, 1.82) is 0 Å². The zero-order valence-corrected chi connectivity index (χ0v) is 15.8. The van der Waals surface area contributed by atoms with E-state index in [4.69, 9.17) is 17.0 Å². The predicted octanol–water partition coefficient (Wildman–Crippen LogP) is 4.80. The van der Waals surface area contributed by atoms with Gasteiger partial charge in [-0.2, -0.15) is 0 Å². The van der Waals surface area contributed by atoms with Crippen LogP contribution in [0.2, 0.25) is 0 Å². The molecular formula is C20H19NO2S2. The first-order valence-electron chi connectivity index (χ1n) is 8.10. The van der Waals surface area contributed by atoms with E-state index >= 15 is 0 Å². The second kappa shape index (κ2) is 7.85. The van der Waals surface area contributed by atoms with Gasteiger partial charge in [-0.25, -0.2) is 0 Å². The Bertz CT molecular complexity index is 828. The van der Waals surface area contributed by atoms with Crippen LogP contribution in [0.3, 0.4) is 0 Å². The number of ether oxygens (including phenoxy) is 1. The van der Waals surface area contributed by atoms with Gasteiger partial charge in [0.2, 0.25) is 0 Å². The molecule has 0 atom stereocenters. The number of nitrogens with zero attached hydrogens (tertiary/aromatic N) is 1. The Morgan fingerprint density at radius 3 is 2.60 bits per heavy atom. The number of carbonyl (C=O) groups is 1. The van der Waals surface area contributed by atoms with E-state index in [-0.39, 0.29) is 5.91 Å². The molecule has 0 spiro atoms. The highest BCUT2D eigenvalue weighted by molar-refractivity contribution is 8.26. The van der Waals surface area contributed by atoms with E-state index in [0.29, 0.717) is 22.4 Å². The largest absolute Gasteiger partial charge is 0.489 e. The number of hydrogen-bond acceptors (Lipinski definition) is 4. The van der Waals surface area contributed by atoms with Crippen molar-refractivity contribution in [3.8, 4) is 5.75 Å². The fourth-order valence-corrected chi connectivity index (χ4v) is 3.94. The van der Waals surface area contributed by atoms with Gasteiger partial charge in [0.15, 0.2) is 0 Å². The van der Waals surface area contributed by atoms with Crippen molar-refractivity contribution in [3.63, 3.8) is 0 Å². The number of rotatable bonds is 5. The number of benzene rings is 2. The Morgan fingerprint density at radius 1 is 1.20 bits per heavy atom. The minimum Gasteiger partial charge on any atom is -0.489 e. The summed E-state index contributed by atoms with van der Waals surface area (Å²) >= 11 is 6.58. The lowest BCUT2D eigenvalue weighted by molar-refractivity contribution is -0.121. The van der Waals surface area contributed by atoms with Gasteiger partial charge >= 0.3 is 0 Å². The van der Waals surface area contributed by atoms with Crippen LogP contribution in [0.5, 0.6) is 5.75 Å². The number of thiocarbonyl (C=S) groups is 1. The van der Waals surface area contributed by atoms with Gasteiger partial charge in [0.1, 0.15) is 16.7 Å². The van der Waals surface area contributed by atoms with Gasteiger partial charge in [-0.05, 0) is 43.2 Å². The summed E-state index contributed by atoms with van der Waals surface area (Å²) in [5.41, 5.74) is 3.33. The van der Waals surface area contributed by atoms with Crippen LogP contribution >= 0.6 is 24.0 Å². The highest BCUT2D eigenvalue weighted by Gasteiger charge is 2.30. The maximum Gasteiger partial charge on any atom is 0.266 e. The molecule has 5 heteroatoms. The summed E-state index contributed by atoms with van der Waals surface area (Å²) in [6.45, 7) is 5.14. The second-order valence-corrected chi connectivity index (χ2v) is 7.45. The molecule has 1 aliphatic heterocycles. The molecule has 0 radical (unpaired) electrons. The van der Waals surface area contributed by atoms with Gasteiger partial charge in [0.25, 0.3) is 5.91 Å². The summed E-state index contributed by atoms with van der Waals surface area (Å²) < 4.78 is 6.44. The molecule has 0 unspecified atom stereocenters. The average Bonchev–Trinajstić information content (AvgIpc) is 2.87. The predicted molar refractivity (Wildman–Crippen MR) is 108 cm³/mol. The van der Waals surface area contributed by atoms with Crippen LogP contribution in [0.4, 0.5) is 0 Å². The monoisotopic (exact) mass is 369 g/mol. The Hall–Kier alpha value is -2.11. The molecule has 3 rings (SSSR count). The van der Waals surface area contributed by atoms with Gasteiger partial charge in [-0.15, -0.1) is 0 Å². The smallest absolute Gasteiger partial charge is 0.266 e. The van der Waals surface area contributed by atoms with E-state index in [9.17, 15) is 4.79 Å². The van der Waals surface area contributed by atoms with Gasteiger partial charge in [-0.3, -0.25) is 9.69 Å². The fourth-order valence-electron chi connectivity index (χ4n) is 2.55. The molecule has 0 saturated carbocycles. The lowest BCUT2D eigenvalue weighted by Crippen LogP contribution is -2.27. The molecule has 0 N–H and O–H groups in total. The SMILES string of the molecule is CCN1C(=O)/C(=C\c2ccc(OCc3cccc(C)c3)cc2)SC1=S. The molecular weight excluding hydrogens is 350 g/mol. The third-order valence-corrected chi connectivity index (χ3v) is 5.23. The lowest BCUT2D eigenvalue weighted by atomic mass is 10.1. The standard InChI is InChI=1S/C20H19NO2S2/c1-3-21-19(22)18(25-20(21)24)12-15-7-9-17(10-8-15)23-13-16-6-4-5-14(2)11-16/h4-12H,3,13H2,1-2H3/b18-12+. The molecule has 2 aromatic rings. The minimum absolute atomic E-state index is 0.0164. The van der Waals surface area contributed by atoms with E-state index in [1.165, 1.54) is 17.3 Å². The summed E-state index contributed by atoms with van der Waals surface area (Å²) in [7, 11) is 0. The second-order valence-electron chi connectivity index (χ2n) is 5.77. The third kappa shape index (κ3) is 4.30. The van der Waals surface area contributed by atoms with Crippen molar-refractivity contribution in [3.05, 3.63) is 70.1 Å². The van der Waals surface area contributed by atoms with Crippen LogP contribution in [0.1, 0.15) is 23.6 Å². The third-order valence-electron chi connectivity index (χ3n) is 3.86. The quantitative estimate of drug-likeness (QED) is 0.559. The maximum absolute atomic E-state index is 12.2. The Kier molecular flexibility index (Phi) is 5.56. The Labute approximate surface area is 157 Å². The number of carbonyl (C=O) groups excluding carboxylic acids is 1. The summed E-state index contributed by atoms with van der Waals surface area (Å²) in [6, 6.07) is 16.0. The molecule has 1 saturated heterocycles. The van der Waals surface area contributed by atoms with Crippen LogP contribution in [-0.4, -0.2) is 21.7 Å². The summed E-state index contributed by atoms with van der Waals surface area (Å²) in [6.07, 6.45) is 1.87. The molecule has 1 aliphatic rings. The molecule has 1 heterocycles.